The number of nitrogens with zero attached hydrogens (tertiary/aromatic N) is 2. The lowest BCUT2D eigenvalue weighted by Crippen LogP contribution is -2.03. The normalized spacial score (nSPS) is 10.7. The van der Waals surface area contributed by atoms with Gasteiger partial charge in [0, 0.05) is 11.5 Å². The van der Waals surface area contributed by atoms with Gasteiger partial charge in [0.2, 0.25) is 0 Å². The highest BCUT2D eigenvalue weighted by Gasteiger charge is 2.14. The molecule has 0 radical (unpaired) electrons. The molecule has 0 aliphatic rings. The first-order valence-corrected chi connectivity index (χ1v) is 8.11. The molecule has 18 heavy (non-hydrogen) atoms. The number of thiophene rings is 1. The molecule has 0 aromatic carbocycles. The zero-order valence-electron chi connectivity index (χ0n) is 10.1. The van der Waals surface area contributed by atoms with Crippen LogP contribution in [0.15, 0.2) is 20.4 Å². The Labute approximate surface area is 127 Å². The predicted octanol–water partition coefficient (Wildman–Crippen LogP) is 4.72. The average Bonchev–Trinajstić information content (AvgIpc) is 2.78. The molecule has 1 N–H and O–H groups in total. The van der Waals surface area contributed by atoms with Crippen LogP contribution in [0.4, 0.5) is 5.82 Å². The summed E-state index contributed by atoms with van der Waals surface area (Å²) in [6, 6.07) is 2.02. The minimum absolute atomic E-state index is 0.771. The maximum Gasteiger partial charge on any atom is 0.173 e. The van der Waals surface area contributed by atoms with E-state index in [1.165, 1.54) is 0 Å². The van der Waals surface area contributed by atoms with Gasteiger partial charge in [-0.2, -0.15) is 0 Å². The van der Waals surface area contributed by atoms with Crippen LogP contribution >= 0.6 is 43.2 Å². The fraction of sp³-hybridized carbons (Fsp3) is 0.333. The summed E-state index contributed by atoms with van der Waals surface area (Å²) in [4.78, 5) is 10.3. The Kier molecular flexibility index (Phi) is 4.75. The number of nitrogens with one attached hydrogen (secondary N) is 1. The van der Waals surface area contributed by atoms with Gasteiger partial charge in [-0.25, -0.2) is 9.97 Å². The molecule has 2 aromatic rings. The van der Waals surface area contributed by atoms with Gasteiger partial charge in [-0.1, -0.05) is 13.3 Å². The summed E-state index contributed by atoms with van der Waals surface area (Å²) < 4.78 is 2.00. The third kappa shape index (κ3) is 2.75. The summed E-state index contributed by atoms with van der Waals surface area (Å²) in [5.74, 6) is 1.61. The van der Waals surface area contributed by atoms with Crippen LogP contribution in [0.3, 0.4) is 0 Å². The van der Waals surface area contributed by atoms with Crippen LogP contribution in [0.1, 0.15) is 19.0 Å². The molecule has 0 unspecified atom stereocenters. The summed E-state index contributed by atoms with van der Waals surface area (Å²) in [5, 5.41) is 5.14. The zero-order chi connectivity index (χ0) is 13.1. The predicted molar refractivity (Wildman–Crippen MR) is 84.3 cm³/mol. The first kappa shape index (κ1) is 14.0. The molecule has 0 aliphatic carbocycles. The van der Waals surface area contributed by atoms with Crippen molar-refractivity contribution < 1.29 is 0 Å². The van der Waals surface area contributed by atoms with E-state index in [9.17, 15) is 0 Å². The van der Waals surface area contributed by atoms with Crippen LogP contribution in [-0.4, -0.2) is 17.0 Å². The number of halogens is 2. The van der Waals surface area contributed by atoms with Crippen molar-refractivity contribution in [2.75, 3.05) is 12.4 Å². The van der Waals surface area contributed by atoms with Crippen molar-refractivity contribution >= 4 is 49.0 Å². The largest absolute Gasteiger partial charge is 0.372 e. The average molecular weight is 391 g/mol. The summed E-state index contributed by atoms with van der Waals surface area (Å²) in [6.07, 6.45) is 2.00. The first-order valence-electron chi connectivity index (χ1n) is 5.64. The molecule has 2 rings (SSSR count). The van der Waals surface area contributed by atoms with Gasteiger partial charge in [0.1, 0.15) is 5.82 Å². The quantitative estimate of drug-likeness (QED) is 0.820. The van der Waals surface area contributed by atoms with Crippen molar-refractivity contribution in [3.05, 3.63) is 26.1 Å². The molecule has 96 valence electrons. The Bertz CT molecular complexity index is 554. The Morgan fingerprint density at radius 1 is 1.33 bits per heavy atom. The number of hydrogen-bond donors (Lipinski definition) is 1. The fourth-order valence-electron chi connectivity index (χ4n) is 1.62. The lowest BCUT2D eigenvalue weighted by atomic mass is 10.2. The van der Waals surface area contributed by atoms with E-state index in [0.717, 1.165) is 44.0 Å². The van der Waals surface area contributed by atoms with E-state index in [0.29, 0.717) is 0 Å². The maximum absolute atomic E-state index is 4.66. The summed E-state index contributed by atoms with van der Waals surface area (Å²) >= 11 is 8.73. The Hall–Kier alpha value is -0.460. The summed E-state index contributed by atoms with van der Waals surface area (Å²) in [7, 11) is 1.87. The smallest absolute Gasteiger partial charge is 0.173 e. The van der Waals surface area contributed by atoms with E-state index in [4.69, 9.17) is 0 Å². The summed E-state index contributed by atoms with van der Waals surface area (Å²) in [5.41, 5.74) is 1.05. The lowest BCUT2D eigenvalue weighted by Gasteiger charge is -2.10. The van der Waals surface area contributed by atoms with Crippen LogP contribution in [0.5, 0.6) is 0 Å². The molecule has 3 nitrogen and oxygen atoms in total. The van der Waals surface area contributed by atoms with Crippen molar-refractivity contribution in [3.8, 4) is 10.7 Å². The molecule has 0 spiro atoms. The molecule has 0 saturated heterocycles. The van der Waals surface area contributed by atoms with Gasteiger partial charge < -0.3 is 5.32 Å². The Morgan fingerprint density at radius 2 is 2.11 bits per heavy atom. The van der Waals surface area contributed by atoms with Gasteiger partial charge in [0.05, 0.1) is 15.0 Å². The standard InChI is InChI=1S/C12H13Br2N3S/c1-3-4-8-9(14)11(15-2)17-12(16-8)10-7(13)5-6-18-10/h5-6H,3-4H2,1-2H3,(H,15,16,17). The third-order valence-corrected chi connectivity index (χ3v) is 5.13. The number of rotatable bonds is 4. The molecule has 0 bridgehead atoms. The second-order valence-corrected chi connectivity index (χ2v) is 6.32. The highest BCUT2D eigenvalue weighted by Crippen LogP contribution is 2.34. The molecule has 2 heterocycles. The van der Waals surface area contributed by atoms with Crippen LogP contribution in [0.25, 0.3) is 10.7 Å². The van der Waals surface area contributed by atoms with Crippen molar-refractivity contribution in [2.45, 2.75) is 19.8 Å². The van der Waals surface area contributed by atoms with Crippen LogP contribution in [0, 0.1) is 0 Å². The van der Waals surface area contributed by atoms with Crippen LogP contribution < -0.4 is 5.32 Å². The molecular weight excluding hydrogens is 378 g/mol. The molecule has 2 aromatic heterocycles. The molecule has 0 fully saturated rings. The lowest BCUT2D eigenvalue weighted by molar-refractivity contribution is 0.869. The van der Waals surface area contributed by atoms with Gasteiger partial charge in [-0.15, -0.1) is 11.3 Å². The highest BCUT2D eigenvalue weighted by molar-refractivity contribution is 9.11. The van der Waals surface area contributed by atoms with E-state index < -0.39 is 0 Å². The SMILES string of the molecule is CCCc1nc(-c2sccc2Br)nc(NC)c1Br. The maximum atomic E-state index is 4.66. The highest BCUT2D eigenvalue weighted by atomic mass is 79.9. The molecule has 0 saturated carbocycles. The summed E-state index contributed by atoms with van der Waals surface area (Å²) in [6.45, 7) is 2.15. The molecular formula is C12H13Br2N3S. The first-order chi connectivity index (χ1) is 8.67. The minimum atomic E-state index is 0.771. The minimum Gasteiger partial charge on any atom is -0.372 e. The number of anilines is 1. The monoisotopic (exact) mass is 389 g/mol. The van der Waals surface area contributed by atoms with E-state index >= 15 is 0 Å². The van der Waals surface area contributed by atoms with Crippen molar-refractivity contribution in [2.24, 2.45) is 0 Å². The Morgan fingerprint density at radius 3 is 2.67 bits per heavy atom. The second-order valence-electron chi connectivity index (χ2n) is 3.75. The molecule has 0 amide bonds. The zero-order valence-corrected chi connectivity index (χ0v) is 14.1. The third-order valence-electron chi connectivity index (χ3n) is 2.46. The topological polar surface area (TPSA) is 37.8 Å². The van der Waals surface area contributed by atoms with Gasteiger partial charge >= 0.3 is 0 Å². The Balaban J connectivity index is 2.55. The number of hydrogen-bond acceptors (Lipinski definition) is 4. The van der Waals surface area contributed by atoms with E-state index in [2.05, 4.69) is 54.1 Å². The molecule has 6 heteroatoms. The number of aromatic nitrogens is 2. The van der Waals surface area contributed by atoms with Crippen LogP contribution in [0.2, 0.25) is 0 Å². The van der Waals surface area contributed by atoms with Gasteiger partial charge in [-0.3, -0.25) is 0 Å². The molecule has 0 aliphatic heterocycles. The van der Waals surface area contributed by atoms with Gasteiger partial charge in [0.25, 0.3) is 0 Å². The molecule has 0 atom stereocenters. The van der Waals surface area contributed by atoms with E-state index in [-0.39, 0.29) is 0 Å². The van der Waals surface area contributed by atoms with E-state index in [1.54, 1.807) is 11.3 Å². The fourth-order valence-corrected chi connectivity index (χ4v) is 3.67. The van der Waals surface area contributed by atoms with Crippen molar-refractivity contribution in [3.63, 3.8) is 0 Å². The van der Waals surface area contributed by atoms with Gasteiger partial charge in [0.15, 0.2) is 5.82 Å². The van der Waals surface area contributed by atoms with E-state index in [1.807, 2.05) is 18.5 Å². The second kappa shape index (κ2) is 6.12. The van der Waals surface area contributed by atoms with Crippen molar-refractivity contribution in [1.29, 1.82) is 0 Å². The van der Waals surface area contributed by atoms with Crippen molar-refractivity contribution in [1.82, 2.24) is 9.97 Å². The van der Waals surface area contributed by atoms with Gasteiger partial charge in [-0.05, 0) is 49.7 Å². The number of aryl methyl sites for hydroxylation is 1. The van der Waals surface area contributed by atoms with Crippen LogP contribution in [-0.2, 0) is 6.42 Å².